The lowest BCUT2D eigenvalue weighted by atomic mass is 10.0. The molecule has 24 heavy (non-hydrogen) atoms. The fourth-order valence-corrected chi connectivity index (χ4v) is 3.48. The topological polar surface area (TPSA) is 65.5 Å². The zero-order chi connectivity index (χ0) is 16.9. The predicted molar refractivity (Wildman–Crippen MR) is 90.0 cm³/mol. The number of hydrogen-bond donors (Lipinski definition) is 2. The molecule has 0 aliphatic carbocycles. The molecular formula is C17H20FN3O2S. The Morgan fingerprint density at radius 2 is 2.29 bits per heavy atom. The standard InChI is InChI=1S/C17H20FN3O2S/c18-14-4-2-1-3-12(14)7-17(23)20-15-5-6-21(9-16(15)22)8-13-10-24-11-19-13/h1-4,10-11,15-16,22H,5-9H2,(H,20,23). The number of β-amino-alcohol motifs (C(OH)–C–C–N with tert-alkyl or cyclic N) is 1. The van der Waals surface area contributed by atoms with Crippen molar-refractivity contribution < 1.29 is 14.3 Å². The molecule has 2 heterocycles. The number of thiazole rings is 1. The second-order valence-electron chi connectivity index (χ2n) is 6.01. The third-order valence-corrected chi connectivity index (χ3v) is 4.83. The monoisotopic (exact) mass is 349 g/mol. The first-order valence-electron chi connectivity index (χ1n) is 7.92. The number of carbonyl (C=O) groups is 1. The van der Waals surface area contributed by atoms with Crippen molar-refractivity contribution in [3.8, 4) is 0 Å². The van der Waals surface area contributed by atoms with Crippen molar-refractivity contribution in [3.63, 3.8) is 0 Å². The molecule has 2 atom stereocenters. The zero-order valence-electron chi connectivity index (χ0n) is 13.2. The van der Waals surface area contributed by atoms with Crippen LogP contribution in [0.15, 0.2) is 35.2 Å². The Kier molecular flexibility index (Phi) is 5.55. The molecular weight excluding hydrogens is 329 g/mol. The minimum atomic E-state index is -0.637. The van der Waals surface area contributed by atoms with Gasteiger partial charge in [-0.05, 0) is 18.1 Å². The normalized spacial score (nSPS) is 21.6. The average molecular weight is 349 g/mol. The van der Waals surface area contributed by atoms with Gasteiger partial charge in [0.15, 0.2) is 0 Å². The van der Waals surface area contributed by atoms with Gasteiger partial charge in [-0.25, -0.2) is 9.37 Å². The summed E-state index contributed by atoms with van der Waals surface area (Å²) in [5.41, 5.74) is 3.15. The number of halogens is 1. The minimum absolute atomic E-state index is 0.0154. The van der Waals surface area contributed by atoms with Gasteiger partial charge in [-0.2, -0.15) is 0 Å². The van der Waals surface area contributed by atoms with Gasteiger partial charge in [-0.1, -0.05) is 18.2 Å². The molecule has 2 aromatic rings. The number of amides is 1. The summed E-state index contributed by atoms with van der Waals surface area (Å²) >= 11 is 1.55. The number of nitrogens with zero attached hydrogens (tertiary/aromatic N) is 2. The molecule has 0 saturated carbocycles. The van der Waals surface area contributed by atoms with E-state index < -0.39 is 6.10 Å². The Hall–Kier alpha value is -1.83. The number of piperidine rings is 1. The van der Waals surface area contributed by atoms with Crippen LogP contribution in [0.25, 0.3) is 0 Å². The summed E-state index contributed by atoms with van der Waals surface area (Å²) in [5.74, 6) is -0.650. The Labute approximate surface area is 144 Å². The smallest absolute Gasteiger partial charge is 0.224 e. The molecule has 2 unspecified atom stereocenters. The highest BCUT2D eigenvalue weighted by molar-refractivity contribution is 7.07. The molecule has 128 valence electrons. The van der Waals surface area contributed by atoms with Crippen molar-refractivity contribution in [3.05, 3.63) is 52.2 Å². The van der Waals surface area contributed by atoms with Gasteiger partial charge in [0.2, 0.25) is 5.91 Å². The highest BCUT2D eigenvalue weighted by Crippen LogP contribution is 2.15. The van der Waals surface area contributed by atoms with Crippen LogP contribution in [0, 0.1) is 5.82 Å². The first kappa shape index (κ1) is 17.0. The van der Waals surface area contributed by atoms with Gasteiger partial charge in [0, 0.05) is 25.0 Å². The maximum atomic E-state index is 13.6. The Morgan fingerprint density at radius 3 is 3.00 bits per heavy atom. The van der Waals surface area contributed by atoms with E-state index in [2.05, 4.69) is 15.2 Å². The molecule has 3 rings (SSSR count). The number of hydrogen-bond acceptors (Lipinski definition) is 5. The van der Waals surface area contributed by atoms with E-state index in [0.717, 1.165) is 12.2 Å². The molecule has 1 aromatic heterocycles. The second kappa shape index (κ2) is 7.83. The van der Waals surface area contributed by atoms with Crippen LogP contribution in [0.3, 0.4) is 0 Å². The molecule has 1 aliphatic heterocycles. The van der Waals surface area contributed by atoms with Crippen molar-refractivity contribution in [2.24, 2.45) is 0 Å². The van der Waals surface area contributed by atoms with Crippen LogP contribution >= 0.6 is 11.3 Å². The van der Waals surface area contributed by atoms with E-state index in [1.807, 2.05) is 5.38 Å². The number of likely N-dealkylation sites (tertiary alicyclic amines) is 1. The first-order chi connectivity index (χ1) is 11.6. The van der Waals surface area contributed by atoms with Crippen LogP contribution in [0.2, 0.25) is 0 Å². The summed E-state index contributed by atoms with van der Waals surface area (Å²) in [7, 11) is 0. The molecule has 0 spiro atoms. The van der Waals surface area contributed by atoms with Crippen molar-refractivity contribution >= 4 is 17.2 Å². The number of aliphatic hydroxyl groups excluding tert-OH is 1. The van der Waals surface area contributed by atoms with Gasteiger partial charge < -0.3 is 10.4 Å². The molecule has 1 aromatic carbocycles. The van der Waals surface area contributed by atoms with Crippen molar-refractivity contribution in [2.45, 2.75) is 31.5 Å². The molecule has 1 aliphatic rings. The number of aromatic nitrogens is 1. The van der Waals surface area contributed by atoms with Crippen molar-refractivity contribution in [1.29, 1.82) is 0 Å². The molecule has 1 fully saturated rings. The summed E-state index contributed by atoms with van der Waals surface area (Å²) in [4.78, 5) is 18.5. The fourth-order valence-electron chi connectivity index (χ4n) is 2.93. The molecule has 2 N–H and O–H groups in total. The molecule has 1 amide bonds. The van der Waals surface area contributed by atoms with E-state index in [1.54, 1.807) is 35.0 Å². The quantitative estimate of drug-likeness (QED) is 0.860. The van der Waals surface area contributed by atoms with Gasteiger partial charge in [0.1, 0.15) is 5.82 Å². The van der Waals surface area contributed by atoms with Crippen LogP contribution in [-0.2, 0) is 17.8 Å². The lowest BCUT2D eigenvalue weighted by Gasteiger charge is -2.36. The highest BCUT2D eigenvalue weighted by atomic mass is 32.1. The lowest BCUT2D eigenvalue weighted by molar-refractivity contribution is -0.122. The summed E-state index contributed by atoms with van der Waals surface area (Å²) in [6.07, 6.45) is 0.00850. The van der Waals surface area contributed by atoms with E-state index in [1.165, 1.54) is 6.07 Å². The van der Waals surface area contributed by atoms with E-state index in [0.29, 0.717) is 25.1 Å². The Balaban J connectivity index is 1.49. The van der Waals surface area contributed by atoms with Gasteiger partial charge in [0.25, 0.3) is 0 Å². The van der Waals surface area contributed by atoms with Crippen molar-refractivity contribution in [1.82, 2.24) is 15.2 Å². The largest absolute Gasteiger partial charge is 0.390 e. The fraction of sp³-hybridized carbons (Fsp3) is 0.412. The summed E-state index contributed by atoms with van der Waals surface area (Å²) in [5, 5.41) is 15.1. The minimum Gasteiger partial charge on any atom is -0.390 e. The Morgan fingerprint density at radius 1 is 1.46 bits per heavy atom. The number of carbonyl (C=O) groups excluding carboxylic acids is 1. The molecule has 0 radical (unpaired) electrons. The van der Waals surface area contributed by atoms with Crippen LogP contribution in [-0.4, -0.2) is 46.1 Å². The maximum Gasteiger partial charge on any atom is 0.224 e. The van der Waals surface area contributed by atoms with Crippen LogP contribution in [0.1, 0.15) is 17.7 Å². The van der Waals surface area contributed by atoms with E-state index in [-0.39, 0.29) is 24.2 Å². The van der Waals surface area contributed by atoms with Gasteiger partial charge in [0.05, 0.1) is 29.8 Å². The third-order valence-electron chi connectivity index (χ3n) is 4.19. The van der Waals surface area contributed by atoms with Gasteiger partial charge in [-0.3, -0.25) is 9.69 Å². The maximum absolute atomic E-state index is 13.6. The van der Waals surface area contributed by atoms with Crippen LogP contribution in [0.4, 0.5) is 4.39 Å². The molecule has 7 heteroatoms. The number of nitrogens with one attached hydrogen (secondary N) is 1. The van der Waals surface area contributed by atoms with Gasteiger partial charge >= 0.3 is 0 Å². The number of aliphatic hydroxyl groups is 1. The summed E-state index contributed by atoms with van der Waals surface area (Å²) in [6, 6.07) is 5.95. The first-order valence-corrected chi connectivity index (χ1v) is 8.86. The van der Waals surface area contributed by atoms with Crippen molar-refractivity contribution in [2.75, 3.05) is 13.1 Å². The Bertz CT molecular complexity index is 680. The molecule has 1 saturated heterocycles. The van der Waals surface area contributed by atoms with Gasteiger partial charge in [-0.15, -0.1) is 11.3 Å². The van der Waals surface area contributed by atoms with E-state index in [9.17, 15) is 14.3 Å². The second-order valence-corrected chi connectivity index (χ2v) is 6.73. The van der Waals surface area contributed by atoms with E-state index >= 15 is 0 Å². The lowest BCUT2D eigenvalue weighted by Crippen LogP contribution is -2.54. The van der Waals surface area contributed by atoms with Crippen LogP contribution < -0.4 is 5.32 Å². The predicted octanol–water partition coefficient (Wildman–Crippen LogP) is 1.58. The number of benzene rings is 1. The SMILES string of the molecule is O=C(Cc1ccccc1F)NC1CCN(Cc2cscn2)CC1O. The molecule has 5 nitrogen and oxygen atoms in total. The summed E-state index contributed by atoms with van der Waals surface area (Å²) in [6.45, 7) is 1.97. The third kappa shape index (κ3) is 4.37. The van der Waals surface area contributed by atoms with E-state index in [4.69, 9.17) is 0 Å². The molecule has 0 bridgehead atoms. The average Bonchev–Trinajstić information content (AvgIpc) is 3.05. The zero-order valence-corrected chi connectivity index (χ0v) is 14.0. The summed E-state index contributed by atoms with van der Waals surface area (Å²) < 4.78 is 13.6. The number of rotatable bonds is 5. The highest BCUT2D eigenvalue weighted by Gasteiger charge is 2.29. The van der Waals surface area contributed by atoms with Crippen LogP contribution in [0.5, 0.6) is 0 Å².